The van der Waals surface area contributed by atoms with Gasteiger partial charge in [-0.3, -0.25) is 9.69 Å². The molecule has 2 aliphatic heterocycles. The van der Waals surface area contributed by atoms with E-state index in [4.69, 9.17) is 0 Å². The largest absolute Gasteiger partial charge is 0.305 e. The first-order valence-electron chi connectivity index (χ1n) is 12.8. The number of nitrogens with zero attached hydrogens (tertiary/aromatic N) is 3. The SMILES string of the molecule is Cl.O=C(c1cccc(S(=O)(=O)N2CCCC2)c1)N(c1ccccc1)C1CCN(Cc2ccccc2)CC1. The van der Waals surface area contributed by atoms with Crippen molar-refractivity contribution in [2.45, 2.75) is 43.2 Å². The third kappa shape index (κ3) is 6.24. The molecule has 1 amide bonds. The number of halogens is 1. The molecular weight excluding hydrogens is 506 g/mol. The van der Waals surface area contributed by atoms with Crippen molar-refractivity contribution >= 4 is 34.0 Å². The van der Waals surface area contributed by atoms with Crippen molar-refractivity contribution in [1.29, 1.82) is 0 Å². The quantitative estimate of drug-likeness (QED) is 0.414. The number of benzene rings is 3. The third-order valence-corrected chi connectivity index (χ3v) is 9.10. The van der Waals surface area contributed by atoms with Gasteiger partial charge in [-0.15, -0.1) is 12.4 Å². The highest BCUT2D eigenvalue weighted by molar-refractivity contribution is 7.89. The summed E-state index contributed by atoms with van der Waals surface area (Å²) >= 11 is 0. The Morgan fingerprint density at radius 2 is 1.43 bits per heavy atom. The van der Waals surface area contributed by atoms with E-state index in [-0.39, 0.29) is 29.3 Å². The molecule has 2 heterocycles. The van der Waals surface area contributed by atoms with E-state index in [1.165, 1.54) is 9.87 Å². The number of sulfonamides is 1. The van der Waals surface area contributed by atoms with E-state index in [9.17, 15) is 13.2 Å². The fourth-order valence-corrected chi connectivity index (χ4v) is 6.83. The van der Waals surface area contributed by atoms with Crippen LogP contribution >= 0.6 is 12.4 Å². The third-order valence-electron chi connectivity index (χ3n) is 7.21. The zero-order chi connectivity index (χ0) is 25.0. The molecule has 8 heteroatoms. The minimum atomic E-state index is -3.59. The monoisotopic (exact) mass is 539 g/mol. The molecule has 0 unspecified atom stereocenters. The number of carbonyl (C=O) groups excluding carboxylic acids is 1. The number of anilines is 1. The highest BCUT2D eigenvalue weighted by Crippen LogP contribution is 2.28. The van der Waals surface area contributed by atoms with Crippen LogP contribution in [0.1, 0.15) is 41.6 Å². The second-order valence-corrected chi connectivity index (χ2v) is 11.6. The van der Waals surface area contributed by atoms with Crippen molar-refractivity contribution in [1.82, 2.24) is 9.21 Å². The topological polar surface area (TPSA) is 60.9 Å². The van der Waals surface area contributed by atoms with Gasteiger partial charge < -0.3 is 4.90 Å². The van der Waals surface area contributed by atoms with Crippen LogP contribution in [0.15, 0.2) is 89.8 Å². The van der Waals surface area contributed by atoms with Crippen molar-refractivity contribution in [3.05, 3.63) is 96.1 Å². The van der Waals surface area contributed by atoms with Crippen LogP contribution in [0, 0.1) is 0 Å². The summed E-state index contributed by atoms with van der Waals surface area (Å²) in [5.74, 6) is -0.152. The molecule has 0 aromatic heterocycles. The van der Waals surface area contributed by atoms with E-state index in [1.54, 1.807) is 24.3 Å². The highest BCUT2D eigenvalue weighted by Gasteiger charge is 2.32. The van der Waals surface area contributed by atoms with Crippen LogP contribution in [0.25, 0.3) is 0 Å². The number of carbonyl (C=O) groups is 1. The summed E-state index contributed by atoms with van der Waals surface area (Å²) in [5.41, 5.74) is 2.55. The normalized spacial score (nSPS) is 17.3. The number of hydrogen-bond acceptors (Lipinski definition) is 4. The molecular formula is C29H34ClN3O3S. The minimum absolute atomic E-state index is 0. The molecule has 3 aromatic rings. The first-order valence-corrected chi connectivity index (χ1v) is 14.2. The Balaban J connectivity index is 0.00000320. The highest BCUT2D eigenvalue weighted by atomic mass is 35.5. The predicted octanol–water partition coefficient (Wildman–Crippen LogP) is 5.20. The lowest BCUT2D eigenvalue weighted by atomic mass is 10.00. The molecule has 0 aliphatic carbocycles. The maximum absolute atomic E-state index is 13.9. The zero-order valence-electron chi connectivity index (χ0n) is 20.9. The molecule has 0 atom stereocenters. The van der Waals surface area contributed by atoms with Crippen molar-refractivity contribution in [2.75, 3.05) is 31.1 Å². The molecule has 2 fully saturated rings. The fraction of sp³-hybridized carbons (Fsp3) is 0.345. The molecule has 6 nitrogen and oxygen atoms in total. The Hall–Kier alpha value is -2.71. The molecule has 2 aliphatic rings. The van der Waals surface area contributed by atoms with Gasteiger partial charge >= 0.3 is 0 Å². The number of amides is 1. The molecule has 0 spiro atoms. The van der Waals surface area contributed by atoms with Gasteiger partial charge in [-0.2, -0.15) is 4.31 Å². The summed E-state index contributed by atoms with van der Waals surface area (Å²) in [6.07, 6.45) is 3.48. The second-order valence-electron chi connectivity index (χ2n) is 9.64. The van der Waals surface area contributed by atoms with Gasteiger partial charge in [-0.05, 0) is 61.6 Å². The second kappa shape index (κ2) is 12.2. The average Bonchev–Trinajstić information content (AvgIpc) is 3.47. The van der Waals surface area contributed by atoms with Crippen LogP contribution in [-0.2, 0) is 16.6 Å². The zero-order valence-corrected chi connectivity index (χ0v) is 22.5. The van der Waals surface area contributed by atoms with Crippen LogP contribution in [0.2, 0.25) is 0 Å². The van der Waals surface area contributed by atoms with E-state index < -0.39 is 10.0 Å². The van der Waals surface area contributed by atoms with E-state index in [0.717, 1.165) is 51.0 Å². The molecule has 5 rings (SSSR count). The minimum Gasteiger partial charge on any atom is -0.305 e. The Morgan fingerprint density at radius 1 is 0.811 bits per heavy atom. The van der Waals surface area contributed by atoms with Gasteiger partial charge in [0.25, 0.3) is 5.91 Å². The van der Waals surface area contributed by atoms with Crippen LogP contribution in [-0.4, -0.2) is 55.8 Å². The van der Waals surface area contributed by atoms with Gasteiger partial charge in [0.2, 0.25) is 10.0 Å². The summed E-state index contributed by atoms with van der Waals surface area (Å²) in [5, 5.41) is 0. The maximum atomic E-state index is 13.9. The Kier molecular flexibility index (Phi) is 9.03. The molecule has 37 heavy (non-hydrogen) atoms. The first-order chi connectivity index (χ1) is 17.5. The van der Waals surface area contributed by atoms with E-state index >= 15 is 0 Å². The number of para-hydroxylation sites is 1. The molecule has 0 radical (unpaired) electrons. The maximum Gasteiger partial charge on any atom is 0.258 e. The molecule has 0 saturated carbocycles. The lowest BCUT2D eigenvalue weighted by Crippen LogP contribution is -2.47. The number of hydrogen-bond donors (Lipinski definition) is 0. The van der Waals surface area contributed by atoms with Gasteiger partial charge in [0, 0.05) is 50.0 Å². The number of rotatable bonds is 7. The molecule has 3 aromatic carbocycles. The Morgan fingerprint density at radius 3 is 2.08 bits per heavy atom. The van der Waals surface area contributed by atoms with Crippen LogP contribution < -0.4 is 4.90 Å². The van der Waals surface area contributed by atoms with Crippen molar-refractivity contribution in [3.63, 3.8) is 0 Å². The van der Waals surface area contributed by atoms with E-state index in [2.05, 4.69) is 29.2 Å². The number of likely N-dealkylation sites (tertiary alicyclic amines) is 1. The van der Waals surface area contributed by atoms with E-state index in [0.29, 0.717) is 18.7 Å². The predicted molar refractivity (Wildman–Crippen MR) is 150 cm³/mol. The van der Waals surface area contributed by atoms with Crippen LogP contribution in [0.4, 0.5) is 5.69 Å². The van der Waals surface area contributed by atoms with Crippen LogP contribution in [0.3, 0.4) is 0 Å². The fourth-order valence-electron chi connectivity index (χ4n) is 5.27. The van der Waals surface area contributed by atoms with Crippen molar-refractivity contribution in [2.24, 2.45) is 0 Å². The van der Waals surface area contributed by atoms with Crippen LogP contribution in [0.5, 0.6) is 0 Å². The summed E-state index contributed by atoms with van der Waals surface area (Å²) in [6, 6.07) is 26.8. The molecule has 196 valence electrons. The summed E-state index contributed by atoms with van der Waals surface area (Å²) in [7, 11) is -3.59. The van der Waals surface area contributed by atoms with Gasteiger partial charge in [0.05, 0.1) is 4.90 Å². The van der Waals surface area contributed by atoms with Gasteiger partial charge in [-0.1, -0.05) is 54.6 Å². The van der Waals surface area contributed by atoms with Crippen molar-refractivity contribution < 1.29 is 13.2 Å². The standard InChI is InChI=1S/C29H33N3O3S.ClH/c33-29(25-12-9-15-28(22-25)36(34,35)31-18-7-8-19-31)32(26-13-5-2-6-14-26)27-16-20-30(21-17-27)23-24-10-3-1-4-11-24;/h1-6,9-15,22,27H,7-8,16-21,23H2;1H. The van der Waals surface area contributed by atoms with Gasteiger partial charge in [0.15, 0.2) is 0 Å². The molecule has 0 N–H and O–H groups in total. The van der Waals surface area contributed by atoms with E-state index in [1.807, 2.05) is 41.3 Å². The summed E-state index contributed by atoms with van der Waals surface area (Å²) < 4.78 is 27.8. The van der Waals surface area contributed by atoms with Crippen molar-refractivity contribution in [3.8, 4) is 0 Å². The Labute approximate surface area is 226 Å². The lowest BCUT2D eigenvalue weighted by Gasteiger charge is -2.38. The van der Waals surface area contributed by atoms with Gasteiger partial charge in [-0.25, -0.2) is 8.42 Å². The van der Waals surface area contributed by atoms with Gasteiger partial charge in [0.1, 0.15) is 0 Å². The summed E-state index contributed by atoms with van der Waals surface area (Å²) in [4.78, 5) is 18.4. The summed E-state index contributed by atoms with van der Waals surface area (Å²) in [6.45, 7) is 3.79. The Bertz CT molecular complexity index is 1270. The smallest absolute Gasteiger partial charge is 0.258 e. The molecule has 2 saturated heterocycles. The average molecular weight is 540 g/mol. The number of piperidine rings is 1. The first kappa shape index (κ1) is 27.3. The lowest BCUT2D eigenvalue weighted by molar-refractivity contribution is 0.0958. The molecule has 0 bridgehead atoms.